The first-order chi connectivity index (χ1) is 10.6. The van der Waals surface area contributed by atoms with E-state index in [1.807, 2.05) is 44.2 Å². The zero-order valence-electron chi connectivity index (χ0n) is 12.7. The molecule has 1 atom stereocenters. The zero-order chi connectivity index (χ0) is 15.9. The van der Waals surface area contributed by atoms with Crippen molar-refractivity contribution >= 4 is 5.91 Å². The van der Waals surface area contributed by atoms with Crippen LogP contribution in [0.25, 0.3) is 0 Å². The fraction of sp³-hybridized carbons (Fsp3) is 0.222. The number of ether oxygens (including phenoxy) is 1. The minimum atomic E-state index is -0.196. The molecule has 0 spiro atoms. The van der Waals surface area contributed by atoms with E-state index in [0.717, 1.165) is 11.3 Å². The number of nitrogens with zero attached hydrogens (tertiary/aromatic N) is 1. The smallest absolute Gasteiger partial charge is 0.251 e. The largest absolute Gasteiger partial charge is 0.494 e. The minimum Gasteiger partial charge on any atom is -0.494 e. The maximum atomic E-state index is 12.2. The Morgan fingerprint density at radius 3 is 2.64 bits per heavy atom. The van der Waals surface area contributed by atoms with Gasteiger partial charge in [0.2, 0.25) is 0 Å². The lowest BCUT2D eigenvalue weighted by Gasteiger charge is -2.15. The summed E-state index contributed by atoms with van der Waals surface area (Å²) in [6, 6.07) is 16.2. The summed E-state index contributed by atoms with van der Waals surface area (Å²) in [4.78, 5) is 12.2. The van der Waals surface area contributed by atoms with Crippen molar-refractivity contribution in [2.45, 2.75) is 19.9 Å². The van der Waals surface area contributed by atoms with Crippen molar-refractivity contribution in [1.82, 2.24) is 5.32 Å². The number of hydrogen-bond acceptors (Lipinski definition) is 3. The quantitative estimate of drug-likeness (QED) is 0.918. The van der Waals surface area contributed by atoms with Crippen molar-refractivity contribution in [2.24, 2.45) is 0 Å². The van der Waals surface area contributed by atoms with Gasteiger partial charge in [0, 0.05) is 5.56 Å². The third kappa shape index (κ3) is 3.86. The summed E-state index contributed by atoms with van der Waals surface area (Å²) in [7, 11) is 0. The van der Waals surface area contributed by atoms with Crippen LogP contribution in [0.4, 0.5) is 0 Å². The maximum absolute atomic E-state index is 12.2. The molecular formula is C18H18N2O2. The molecule has 4 nitrogen and oxygen atoms in total. The predicted molar refractivity (Wildman–Crippen MR) is 84.6 cm³/mol. The SMILES string of the molecule is CCOc1ccc(C(C)NC(=O)c2cccc(C#N)c2)cc1. The molecule has 1 amide bonds. The number of carbonyl (C=O) groups excluding carboxylic acids is 1. The van der Waals surface area contributed by atoms with Crippen molar-refractivity contribution in [3.05, 3.63) is 65.2 Å². The number of hydrogen-bond donors (Lipinski definition) is 1. The van der Waals surface area contributed by atoms with Gasteiger partial charge >= 0.3 is 0 Å². The van der Waals surface area contributed by atoms with Crippen molar-refractivity contribution in [1.29, 1.82) is 5.26 Å². The van der Waals surface area contributed by atoms with Crippen LogP contribution < -0.4 is 10.1 Å². The van der Waals surface area contributed by atoms with Crippen LogP contribution in [0.5, 0.6) is 5.75 Å². The van der Waals surface area contributed by atoms with Gasteiger partial charge in [-0.1, -0.05) is 18.2 Å². The van der Waals surface area contributed by atoms with E-state index in [1.165, 1.54) is 0 Å². The lowest BCUT2D eigenvalue weighted by molar-refractivity contribution is 0.0940. The molecule has 4 heteroatoms. The van der Waals surface area contributed by atoms with Crippen LogP contribution in [0.1, 0.15) is 41.4 Å². The van der Waals surface area contributed by atoms with Gasteiger partial charge in [0.05, 0.1) is 24.3 Å². The van der Waals surface area contributed by atoms with Gasteiger partial charge in [-0.3, -0.25) is 4.79 Å². The molecule has 22 heavy (non-hydrogen) atoms. The predicted octanol–water partition coefficient (Wildman–Crippen LogP) is 3.45. The Labute approximate surface area is 130 Å². The molecule has 1 N–H and O–H groups in total. The summed E-state index contributed by atoms with van der Waals surface area (Å²) in [6.45, 7) is 4.48. The summed E-state index contributed by atoms with van der Waals surface area (Å²) in [5.74, 6) is 0.616. The molecule has 0 aliphatic carbocycles. The van der Waals surface area contributed by atoms with E-state index in [9.17, 15) is 4.79 Å². The van der Waals surface area contributed by atoms with Crippen molar-refractivity contribution in [3.63, 3.8) is 0 Å². The molecule has 0 heterocycles. The molecule has 0 saturated heterocycles. The highest BCUT2D eigenvalue weighted by molar-refractivity contribution is 5.94. The van der Waals surface area contributed by atoms with Gasteiger partial charge in [0.1, 0.15) is 5.75 Å². The van der Waals surface area contributed by atoms with E-state index < -0.39 is 0 Å². The summed E-state index contributed by atoms with van der Waals surface area (Å²) in [6.07, 6.45) is 0. The van der Waals surface area contributed by atoms with Gasteiger partial charge in [-0.15, -0.1) is 0 Å². The molecule has 2 aromatic rings. The van der Waals surface area contributed by atoms with Crippen LogP contribution in [0, 0.1) is 11.3 Å². The monoisotopic (exact) mass is 294 g/mol. The number of amides is 1. The highest BCUT2D eigenvalue weighted by Crippen LogP contribution is 2.18. The number of benzene rings is 2. The van der Waals surface area contributed by atoms with Crippen molar-refractivity contribution < 1.29 is 9.53 Å². The molecule has 0 fully saturated rings. The number of carbonyl (C=O) groups is 1. The molecule has 0 aliphatic rings. The standard InChI is InChI=1S/C18H18N2O2/c1-3-22-17-9-7-15(8-10-17)13(2)20-18(21)16-6-4-5-14(11-16)12-19/h4-11,13H,3H2,1-2H3,(H,20,21). The molecular weight excluding hydrogens is 276 g/mol. The first kappa shape index (κ1) is 15.6. The van der Waals surface area contributed by atoms with Gasteiger partial charge in [-0.2, -0.15) is 5.26 Å². The lowest BCUT2D eigenvalue weighted by atomic mass is 10.1. The molecule has 0 aliphatic heterocycles. The van der Waals surface area contributed by atoms with Crippen LogP contribution in [0.15, 0.2) is 48.5 Å². The van der Waals surface area contributed by atoms with E-state index in [0.29, 0.717) is 17.7 Å². The summed E-state index contributed by atoms with van der Waals surface area (Å²) in [5.41, 5.74) is 1.95. The first-order valence-electron chi connectivity index (χ1n) is 7.18. The number of nitrogens with one attached hydrogen (secondary N) is 1. The average Bonchev–Trinajstić information content (AvgIpc) is 2.55. The second-order valence-electron chi connectivity index (χ2n) is 4.89. The minimum absolute atomic E-state index is 0.131. The zero-order valence-corrected chi connectivity index (χ0v) is 12.7. The molecule has 2 aromatic carbocycles. The second kappa shape index (κ2) is 7.28. The van der Waals surface area contributed by atoms with Gasteiger partial charge in [-0.25, -0.2) is 0 Å². The van der Waals surface area contributed by atoms with Crippen LogP contribution >= 0.6 is 0 Å². The van der Waals surface area contributed by atoms with Crippen LogP contribution in [0.2, 0.25) is 0 Å². The van der Waals surface area contributed by atoms with E-state index in [-0.39, 0.29) is 11.9 Å². The van der Waals surface area contributed by atoms with Gasteiger partial charge in [0.15, 0.2) is 0 Å². The summed E-state index contributed by atoms with van der Waals surface area (Å²) < 4.78 is 5.40. The average molecular weight is 294 g/mol. The highest BCUT2D eigenvalue weighted by Gasteiger charge is 2.12. The Bertz CT molecular complexity index is 687. The van der Waals surface area contributed by atoms with Crippen LogP contribution in [-0.4, -0.2) is 12.5 Å². The van der Waals surface area contributed by atoms with E-state index >= 15 is 0 Å². The normalized spacial score (nSPS) is 11.3. The maximum Gasteiger partial charge on any atom is 0.251 e. The Balaban J connectivity index is 2.05. The molecule has 0 saturated carbocycles. The Morgan fingerprint density at radius 1 is 1.27 bits per heavy atom. The van der Waals surface area contributed by atoms with Gasteiger partial charge in [-0.05, 0) is 49.7 Å². The van der Waals surface area contributed by atoms with Crippen LogP contribution in [0.3, 0.4) is 0 Å². The Hall–Kier alpha value is -2.80. The lowest BCUT2D eigenvalue weighted by Crippen LogP contribution is -2.26. The topological polar surface area (TPSA) is 62.1 Å². The van der Waals surface area contributed by atoms with Crippen LogP contribution in [-0.2, 0) is 0 Å². The highest BCUT2D eigenvalue weighted by atomic mass is 16.5. The molecule has 0 radical (unpaired) electrons. The molecule has 112 valence electrons. The summed E-state index contributed by atoms with van der Waals surface area (Å²) in [5, 5.41) is 11.8. The fourth-order valence-electron chi connectivity index (χ4n) is 2.11. The molecule has 0 bridgehead atoms. The van der Waals surface area contributed by atoms with E-state index in [2.05, 4.69) is 5.32 Å². The first-order valence-corrected chi connectivity index (χ1v) is 7.18. The van der Waals surface area contributed by atoms with E-state index in [1.54, 1.807) is 24.3 Å². The third-order valence-electron chi connectivity index (χ3n) is 3.29. The molecule has 0 aromatic heterocycles. The Kier molecular flexibility index (Phi) is 5.16. The molecule has 1 unspecified atom stereocenters. The van der Waals surface area contributed by atoms with Crippen molar-refractivity contribution in [2.75, 3.05) is 6.61 Å². The Morgan fingerprint density at radius 2 is 2.00 bits per heavy atom. The van der Waals surface area contributed by atoms with E-state index in [4.69, 9.17) is 10.00 Å². The van der Waals surface area contributed by atoms with Gasteiger partial charge in [0.25, 0.3) is 5.91 Å². The number of rotatable bonds is 5. The van der Waals surface area contributed by atoms with Gasteiger partial charge < -0.3 is 10.1 Å². The summed E-state index contributed by atoms with van der Waals surface area (Å²) >= 11 is 0. The fourth-order valence-corrected chi connectivity index (χ4v) is 2.11. The van der Waals surface area contributed by atoms with Crippen molar-refractivity contribution in [3.8, 4) is 11.8 Å². The number of nitriles is 1. The second-order valence-corrected chi connectivity index (χ2v) is 4.89. The molecule has 2 rings (SSSR count). The third-order valence-corrected chi connectivity index (χ3v) is 3.29.